The highest BCUT2D eigenvalue weighted by Crippen LogP contribution is 2.02. The van der Waals surface area contributed by atoms with Crippen molar-refractivity contribution in [1.29, 1.82) is 0 Å². The highest BCUT2D eigenvalue weighted by Gasteiger charge is 1.98. The van der Waals surface area contributed by atoms with Gasteiger partial charge in [0, 0.05) is 0 Å². The van der Waals surface area contributed by atoms with Gasteiger partial charge in [0.1, 0.15) is 0 Å². The van der Waals surface area contributed by atoms with E-state index in [0.717, 1.165) is 6.61 Å². The van der Waals surface area contributed by atoms with Gasteiger partial charge in [0.25, 0.3) is 0 Å². The summed E-state index contributed by atoms with van der Waals surface area (Å²) in [5.74, 6) is 0.448. The number of hydrogen-bond acceptors (Lipinski definition) is 2. The van der Waals surface area contributed by atoms with E-state index in [0.29, 0.717) is 19.1 Å². The molecule has 0 aliphatic rings. The van der Waals surface area contributed by atoms with E-state index in [2.05, 4.69) is 19.1 Å². The molecule has 13 heavy (non-hydrogen) atoms. The maximum absolute atomic E-state index is 5.49. The van der Waals surface area contributed by atoms with Gasteiger partial charge in [-0.15, -0.1) is 0 Å². The fourth-order valence-corrected chi connectivity index (χ4v) is 1.02. The zero-order chi connectivity index (χ0) is 9.52. The average Bonchev–Trinajstić information content (AvgIpc) is 2.19. The van der Waals surface area contributed by atoms with Crippen LogP contribution in [0.15, 0.2) is 30.3 Å². The SMILES string of the molecule is CC(CN)COCc1ccccc1. The largest absolute Gasteiger partial charge is 0.376 e. The lowest BCUT2D eigenvalue weighted by Crippen LogP contribution is -2.16. The van der Waals surface area contributed by atoms with Crippen molar-refractivity contribution in [2.75, 3.05) is 13.2 Å². The van der Waals surface area contributed by atoms with Crippen molar-refractivity contribution in [2.45, 2.75) is 13.5 Å². The Bertz CT molecular complexity index is 223. The quantitative estimate of drug-likeness (QED) is 0.748. The summed E-state index contributed by atoms with van der Waals surface area (Å²) in [4.78, 5) is 0. The van der Waals surface area contributed by atoms with Crippen molar-refractivity contribution in [1.82, 2.24) is 0 Å². The maximum Gasteiger partial charge on any atom is 0.0717 e. The lowest BCUT2D eigenvalue weighted by molar-refractivity contribution is 0.0944. The van der Waals surface area contributed by atoms with Crippen LogP contribution in [0, 0.1) is 5.92 Å². The highest BCUT2D eigenvalue weighted by molar-refractivity contribution is 5.13. The minimum absolute atomic E-state index is 0.448. The molecule has 0 heterocycles. The van der Waals surface area contributed by atoms with Crippen LogP contribution in [0.3, 0.4) is 0 Å². The Morgan fingerprint density at radius 3 is 2.62 bits per heavy atom. The molecule has 0 radical (unpaired) electrons. The highest BCUT2D eigenvalue weighted by atomic mass is 16.5. The minimum Gasteiger partial charge on any atom is -0.376 e. The molecular weight excluding hydrogens is 162 g/mol. The van der Waals surface area contributed by atoms with Crippen LogP contribution in [-0.2, 0) is 11.3 Å². The molecule has 0 fully saturated rings. The van der Waals surface area contributed by atoms with E-state index in [1.54, 1.807) is 0 Å². The molecule has 0 amide bonds. The summed E-state index contributed by atoms with van der Waals surface area (Å²) >= 11 is 0. The molecule has 0 saturated carbocycles. The Morgan fingerprint density at radius 1 is 1.31 bits per heavy atom. The molecule has 2 N–H and O–H groups in total. The molecule has 72 valence electrons. The molecule has 0 spiro atoms. The smallest absolute Gasteiger partial charge is 0.0717 e. The van der Waals surface area contributed by atoms with Crippen LogP contribution in [0.4, 0.5) is 0 Å². The third kappa shape index (κ3) is 4.06. The number of ether oxygens (including phenoxy) is 1. The van der Waals surface area contributed by atoms with Gasteiger partial charge in [-0.3, -0.25) is 0 Å². The Hall–Kier alpha value is -0.860. The molecule has 2 nitrogen and oxygen atoms in total. The van der Waals surface area contributed by atoms with E-state index in [-0.39, 0.29) is 0 Å². The first kappa shape index (κ1) is 10.2. The summed E-state index contributed by atoms with van der Waals surface area (Å²) in [7, 11) is 0. The van der Waals surface area contributed by atoms with Crippen LogP contribution in [0.5, 0.6) is 0 Å². The van der Waals surface area contributed by atoms with Crippen molar-refractivity contribution >= 4 is 0 Å². The van der Waals surface area contributed by atoms with Crippen LogP contribution in [0.1, 0.15) is 12.5 Å². The lowest BCUT2D eigenvalue weighted by Gasteiger charge is -2.08. The monoisotopic (exact) mass is 179 g/mol. The second-order valence-corrected chi connectivity index (χ2v) is 3.34. The fourth-order valence-electron chi connectivity index (χ4n) is 1.02. The van der Waals surface area contributed by atoms with Gasteiger partial charge in [-0.1, -0.05) is 37.3 Å². The molecule has 1 aromatic carbocycles. The van der Waals surface area contributed by atoms with E-state index in [1.807, 2.05) is 18.2 Å². The van der Waals surface area contributed by atoms with Gasteiger partial charge in [0.15, 0.2) is 0 Å². The van der Waals surface area contributed by atoms with Crippen LogP contribution in [-0.4, -0.2) is 13.2 Å². The molecule has 1 atom stereocenters. The summed E-state index contributed by atoms with van der Waals surface area (Å²) in [5.41, 5.74) is 6.69. The van der Waals surface area contributed by atoms with Crippen LogP contribution in [0.2, 0.25) is 0 Å². The fraction of sp³-hybridized carbons (Fsp3) is 0.455. The number of hydrogen-bond donors (Lipinski definition) is 1. The molecular formula is C11H17NO. The summed E-state index contributed by atoms with van der Waals surface area (Å²) in [5, 5.41) is 0. The zero-order valence-electron chi connectivity index (χ0n) is 8.07. The third-order valence-corrected chi connectivity index (χ3v) is 1.92. The molecule has 0 saturated heterocycles. The second-order valence-electron chi connectivity index (χ2n) is 3.34. The molecule has 1 aromatic rings. The molecule has 0 aliphatic carbocycles. The van der Waals surface area contributed by atoms with Crippen molar-refractivity contribution < 1.29 is 4.74 Å². The van der Waals surface area contributed by atoms with Gasteiger partial charge < -0.3 is 10.5 Å². The van der Waals surface area contributed by atoms with Crippen LogP contribution >= 0.6 is 0 Å². The second kappa shape index (κ2) is 5.73. The Kier molecular flexibility index (Phi) is 4.50. The zero-order valence-corrected chi connectivity index (χ0v) is 8.07. The van der Waals surface area contributed by atoms with Gasteiger partial charge in [-0.2, -0.15) is 0 Å². The van der Waals surface area contributed by atoms with E-state index < -0.39 is 0 Å². The predicted molar refractivity (Wildman–Crippen MR) is 54.3 cm³/mol. The molecule has 2 heteroatoms. The van der Waals surface area contributed by atoms with E-state index in [9.17, 15) is 0 Å². The Labute approximate surface area is 79.7 Å². The Morgan fingerprint density at radius 2 is 2.00 bits per heavy atom. The predicted octanol–water partition coefficient (Wildman–Crippen LogP) is 1.80. The molecule has 0 aliphatic heterocycles. The van der Waals surface area contributed by atoms with Crippen molar-refractivity contribution in [3.8, 4) is 0 Å². The summed E-state index contributed by atoms with van der Waals surface area (Å²) in [6, 6.07) is 10.2. The van der Waals surface area contributed by atoms with Crippen molar-refractivity contribution in [2.24, 2.45) is 11.7 Å². The van der Waals surface area contributed by atoms with Gasteiger partial charge in [0.2, 0.25) is 0 Å². The maximum atomic E-state index is 5.49. The third-order valence-electron chi connectivity index (χ3n) is 1.92. The van der Waals surface area contributed by atoms with E-state index in [1.165, 1.54) is 5.56 Å². The first-order chi connectivity index (χ1) is 6.33. The number of benzene rings is 1. The van der Waals surface area contributed by atoms with Gasteiger partial charge in [0.05, 0.1) is 13.2 Å². The van der Waals surface area contributed by atoms with Gasteiger partial charge in [-0.05, 0) is 18.0 Å². The Balaban J connectivity index is 2.20. The standard InChI is InChI=1S/C11H17NO/c1-10(7-12)8-13-9-11-5-3-2-4-6-11/h2-6,10H,7-9,12H2,1H3. The van der Waals surface area contributed by atoms with E-state index in [4.69, 9.17) is 10.5 Å². The van der Waals surface area contributed by atoms with Crippen molar-refractivity contribution in [3.63, 3.8) is 0 Å². The summed E-state index contributed by atoms with van der Waals surface area (Å²) in [6.45, 7) is 4.20. The summed E-state index contributed by atoms with van der Waals surface area (Å²) in [6.07, 6.45) is 0. The molecule has 1 rings (SSSR count). The summed E-state index contributed by atoms with van der Waals surface area (Å²) < 4.78 is 5.49. The molecule has 1 unspecified atom stereocenters. The van der Waals surface area contributed by atoms with E-state index >= 15 is 0 Å². The van der Waals surface area contributed by atoms with Crippen LogP contribution in [0.25, 0.3) is 0 Å². The number of rotatable bonds is 5. The van der Waals surface area contributed by atoms with Crippen LogP contribution < -0.4 is 5.73 Å². The van der Waals surface area contributed by atoms with Crippen molar-refractivity contribution in [3.05, 3.63) is 35.9 Å². The normalized spacial score (nSPS) is 12.8. The molecule has 0 bridgehead atoms. The van der Waals surface area contributed by atoms with Gasteiger partial charge >= 0.3 is 0 Å². The molecule has 0 aromatic heterocycles. The lowest BCUT2D eigenvalue weighted by atomic mass is 10.2. The van der Waals surface area contributed by atoms with Gasteiger partial charge in [-0.25, -0.2) is 0 Å². The average molecular weight is 179 g/mol. The first-order valence-electron chi connectivity index (χ1n) is 4.64. The first-order valence-corrected chi connectivity index (χ1v) is 4.64. The number of nitrogens with two attached hydrogens (primary N) is 1. The topological polar surface area (TPSA) is 35.2 Å². The minimum atomic E-state index is 0.448.